The lowest BCUT2D eigenvalue weighted by atomic mass is 10.2. The first-order valence-electron chi connectivity index (χ1n) is 5.26. The van der Waals surface area contributed by atoms with Crippen LogP contribution >= 0.6 is 34.5 Å². The molecule has 0 spiro atoms. The topological polar surface area (TPSA) is 92.2 Å². The van der Waals surface area contributed by atoms with E-state index in [2.05, 4.69) is 14.9 Å². The molecule has 0 aliphatic heterocycles. The number of hydrogen-bond donors (Lipinski definition) is 2. The fourth-order valence-electron chi connectivity index (χ4n) is 1.44. The monoisotopic (exact) mass is 353 g/mol. The Hall–Kier alpha value is -0.930. The number of anilines is 1. The second-order valence-electron chi connectivity index (χ2n) is 3.73. The van der Waals surface area contributed by atoms with Crippen molar-refractivity contribution in [3.05, 3.63) is 32.7 Å². The minimum atomic E-state index is -3.92. The van der Waals surface area contributed by atoms with Gasteiger partial charge in [0.25, 0.3) is 10.0 Å². The third-order valence-electron chi connectivity index (χ3n) is 2.35. The molecule has 0 saturated heterocycles. The molecule has 2 rings (SSSR count). The molecule has 1 aromatic carbocycles. The number of aliphatic hydroxyl groups is 1. The second kappa shape index (κ2) is 5.82. The van der Waals surface area contributed by atoms with Crippen LogP contribution < -0.4 is 4.72 Å². The number of aryl methyl sites for hydroxylation is 1. The van der Waals surface area contributed by atoms with Crippen LogP contribution in [0.3, 0.4) is 0 Å². The normalized spacial score (nSPS) is 11.6. The summed E-state index contributed by atoms with van der Waals surface area (Å²) in [6.45, 7) is 1.24. The highest BCUT2D eigenvalue weighted by atomic mass is 35.5. The fourth-order valence-corrected chi connectivity index (χ4v) is 4.16. The molecule has 0 fully saturated rings. The smallest absolute Gasteiger partial charge is 0.265 e. The number of benzene rings is 1. The molecule has 0 radical (unpaired) electrons. The van der Waals surface area contributed by atoms with Gasteiger partial charge in [-0.05, 0) is 19.1 Å². The van der Waals surface area contributed by atoms with E-state index >= 15 is 0 Å². The first-order valence-corrected chi connectivity index (χ1v) is 8.31. The Morgan fingerprint density at radius 3 is 2.60 bits per heavy atom. The molecule has 0 unspecified atom stereocenters. The van der Waals surface area contributed by atoms with E-state index in [1.165, 1.54) is 12.1 Å². The van der Waals surface area contributed by atoms with Crippen molar-refractivity contribution >= 4 is 49.7 Å². The zero-order chi connectivity index (χ0) is 14.9. The van der Waals surface area contributed by atoms with Gasteiger partial charge in [-0.15, -0.1) is 10.2 Å². The Balaban J connectivity index is 2.44. The first-order chi connectivity index (χ1) is 9.35. The molecule has 2 aromatic rings. The molecule has 0 saturated carbocycles. The highest BCUT2D eigenvalue weighted by Gasteiger charge is 2.22. The number of nitrogens with zero attached hydrogens (tertiary/aromatic N) is 2. The Morgan fingerprint density at radius 2 is 2.05 bits per heavy atom. The molecule has 20 heavy (non-hydrogen) atoms. The van der Waals surface area contributed by atoms with Crippen molar-refractivity contribution in [2.75, 3.05) is 4.72 Å². The van der Waals surface area contributed by atoms with Crippen LogP contribution in [0.25, 0.3) is 0 Å². The van der Waals surface area contributed by atoms with E-state index in [1.807, 2.05) is 0 Å². The highest BCUT2D eigenvalue weighted by molar-refractivity contribution is 7.93. The number of sulfonamides is 1. The van der Waals surface area contributed by atoms with Crippen LogP contribution in [0.2, 0.25) is 10.0 Å². The number of aromatic nitrogens is 2. The lowest BCUT2D eigenvalue weighted by molar-refractivity contribution is 0.282. The largest absolute Gasteiger partial charge is 0.392 e. The van der Waals surface area contributed by atoms with Gasteiger partial charge in [0.05, 0.1) is 11.6 Å². The third kappa shape index (κ3) is 3.04. The summed E-state index contributed by atoms with van der Waals surface area (Å²) in [4.78, 5) is -0.180. The van der Waals surface area contributed by atoms with Crippen molar-refractivity contribution in [1.29, 1.82) is 0 Å². The molecule has 0 bridgehead atoms. The Bertz CT molecular complexity index is 746. The van der Waals surface area contributed by atoms with Gasteiger partial charge in [0.2, 0.25) is 5.13 Å². The lowest BCUT2D eigenvalue weighted by Gasteiger charge is -2.10. The molecule has 0 aliphatic carbocycles. The number of rotatable bonds is 4. The van der Waals surface area contributed by atoms with Gasteiger partial charge in [0.1, 0.15) is 9.90 Å². The molecule has 0 aliphatic rings. The Labute approximate surface area is 129 Å². The Morgan fingerprint density at radius 1 is 1.35 bits per heavy atom. The molecule has 108 valence electrons. The van der Waals surface area contributed by atoms with Crippen LogP contribution in [0.5, 0.6) is 0 Å². The van der Waals surface area contributed by atoms with Gasteiger partial charge in [0.15, 0.2) is 0 Å². The maximum absolute atomic E-state index is 12.2. The second-order valence-corrected chi connectivity index (χ2v) is 7.35. The standard InChI is InChI=1S/C10H9Cl2N3O3S2/c1-5-13-14-10(19-5)15-20(17,18)8-3-2-7(11)6(4-16)9(8)12/h2-3,16H,4H2,1H3,(H,14,15). The summed E-state index contributed by atoms with van der Waals surface area (Å²) in [7, 11) is -3.92. The summed E-state index contributed by atoms with van der Waals surface area (Å²) in [6.07, 6.45) is 0. The molecule has 2 N–H and O–H groups in total. The van der Waals surface area contributed by atoms with E-state index in [1.54, 1.807) is 6.92 Å². The average molecular weight is 354 g/mol. The quantitative estimate of drug-likeness (QED) is 0.880. The minimum absolute atomic E-state index is 0.117. The van der Waals surface area contributed by atoms with Crippen LogP contribution in [0.1, 0.15) is 10.6 Å². The lowest BCUT2D eigenvalue weighted by Crippen LogP contribution is -2.14. The predicted octanol–water partition coefficient (Wildman–Crippen LogP) is 2.45. The van der Waals surface area contributed by atoms with E-state index < -0.39 is 16.6 Å². The van der Waals surface area contributed by atoms with Crippen LogP contribution in [0.15, 0.2) is 17.0 Å². The van der Waals surface area contributed by atoms with Gasteiger partial charge in [-0.2, -0.15) is 0 Å². The molecular formula is C10H9Cl2N3O3S2. The van der Waals surface area contributed by atoms with Crippen LogP contribution in [0.4, 0.5) is 5.13 Å². The molecule has 0 atom stereocenters. The van der Waals surface area contributed by atoms with Gasteiger partial charge in [-0.3, -0.25) is 4.72 Å². The van der Waals surface area contributed by atoms with E-state index in [9.17, 15) is 13.5 Å². The SMILES string of the molecule is Cc1nnc(NS(=O)(=O)c2ccc(Cl)c(CO)c2Cl)s1. The Kier molecular flexibility index (Phi) is 4.50. The van der Waals surface area contributed by atoms with Crippen LogP contribution in [-0.4, -0.2) is 23.7 Å². The molecule has 1 heterocycles. The summed E-state index contributed by atoms with van der Waals surface area (Å²) >= 11 is 12.9. The third-order valence-corrected chi connectivity index (χ3v) is 5.51. The first kappa shape index (κ1) is 15.5. The van der Waals surface area contributed by atoms with Crippen LogP contribution in [-0.2, 0) is 16.6 Å². The van der Waals surface area contributed by atoms with Gasteiger partial charge in [-0.25, -0.2) is 8.42 Å². The van der Waals surface area contributed by atoms with E-state index in [-0.39, 0.29) is 25.6 Å². The van der Waals surface area contributed by atoms with E-state index in [4.69, 9.17) is 23.2 Å². The fraction of sp³-hybridized carbons (Fsp3) is 0.200. The van der Waals surface area contributed by atoms with Crippen molar-refractivity contribution in [3.63, 3.8) is 0 Å². The predicted molar refractivity (Wildman–Crippen MR) is 77.8 cm³/mol. The minimum Gasteiger partial charge on any atom is -0.392 e. The van der Waals surface area contributed by atoms with Crippen molar-refractivity contribution in [3.8, 4) is 0 Å². The molecular weight excluding hydrogens is 345 g/mol. The number of hydrogen-bond acceptors (Lipinski definition) is 6. The average Bonchev–Trinajstić information content (AvgIpc) is 2.74. The molecule has 1 aromatic heterocycles. The van der Waals surface area contributed by atoms with Gasteiger partial charge in [0, 0.05) is 10.6 Å². The maximum atomic E-state index is 12.2. The highest BCUT2D eigenvalue weighted by Crippen LogP contribution is 2.32. The summed E-state index contributed by atoms with van der Waals surface area (Å²) in [5.74, 6) is 0. The molecule has 10 heteroatoms. The number of halogens is 2. The summed E-state index contributed by atoms with van der Waals surface area (Å²) in [6, 6.07) is 2.62. The zero-order valence-corrected chi connectivity index (χ0v) is 13.2. The van der Waals surface area contributed by atoms with E-state index in [0.717, 1.165) is 11.3 Å². The number of nitrogens with one attached hydrogen (secondary N) is 1. The van der Waals surface area contributed by atoms with E-state index in [0.29, 0.717) is 5.01 Å². The van der Waals surface area contributed by atoms with Gasteiger partial charge < -0.3 is 5.11 Å². The van der Waals surface area contributed by atoms with Crippen molar-refractivity contribution in [2.45, 2.75) is 18.4 Å². The van der Waals surface area contributed by atoms with Crippen molar-refractivity contribution in [2.24, 2.45) is 0 Å². The summed E-state index contributed by atoms with van der Waals surface area (Å²) in [5, 5.41) is 17.4. The zero-order valence-electron chi connectivity index (χ0n) is 10.1. The number of aliphatic hydroxyl groups excluding tert-OH is 1. The summed E-state index contributed by atoms with van der Waals surface area (Å²) in [5.41, 5.74) is 0.157. The van der Waals surface area contributed by atoms with Crippen molar-refractivity contribution < 1.29 is 13.5 Å². The van der Waals surface area contributed by atoms with Gasteiger partial charge in [-0.1, -0.05) is 34.5 Å². The van der Waals surface area contributed by atoms with Crippen LogP contribution in [0, 0.1) is 6.92 Å². The maximum Gasteiger partial charge on any atom is 0.265 e. The van der Waals surface area contributed by atoms with Crippen molar-refractivity contribution in [1.82, 2.24) is 10.2 Å². The molecule has 0 amide bonds. The van der Waals surface area contributed by atoms with Gasteiger partial charge >= 0.3 is 0 Å². The summed E-state index contributed by atoms with van der Waals surface area (Å²) < 4.78 is 26.7. The molecule has 6 nitrogen and oxygen atoms in total.